The second-order valence-electron chi connectivity index (χ2n) is 5.08. The van der Waals surface area contributed by atoms with Crippen LogP contribution < -0.4 is 5.32 Å². The average molecular weight is 179 g/mol. The molecule has 0 aromatic heterocycles. The second kappa shape index (κ2) is 3.45. The minimum Gasteiger partial charge on any atom is -0.313 e. The van der Waals surface area contributed by atoms with Gasteiger partial charge in [0.25, 0.3) is 0 Å². The van der Waals surface area contributed by atoms with Crippen molar-refractivity contribution in [2.45, 2.75) is 45.6 Å². The molecule has 0 radical (unpaired) electrons. The van der Waals surface area contributed by atoms with E-state index in [1.165, 1.54) is 32.2 Å². The molecule has 0 amide bonds. The lowest BCUT2D eigenvalue weighted by Gasteiger charge is -2.36. The fourth-order valence-electron chi connectivity index (χ4n) is 2.83. The zero-order chi connectivity index (χ0) is 9.31. The molecule has 0 saturated carbocycles. The summed E-state index contributed by atoms with van der Waals surface area (Å²) in [5, 5.41) is 3.64. The van der Waals surface area contributed by atoms with E-state index in [2.05, 4.69) is 31.3 Å². The Bertz CT molecular complexity index is 199. The molecule has 0 bridgehead atoms. The molecule has 0 aromatic rings. The first-order valence-corrected chi connectivity index (χ1v) is 5.61. The average Bonchev–Trinajstić information content (AvgIpc) is 2.78. The summed E-state index contributed by atoms with van der Waals surface area (Å²) in [5.41, 5.74) is 0.462. The fraction of sp³-hybridized carbons (Fsp3) is 0.833. The van der Waals surface area contributed by atoms with Gasteiger partial charge in [-0.1, -0.05) is 26.0 Å². The van der Waals surface area contributed by atoms with Gasteiger partial charge >= 0.3 is 0 Å². The first kappa shape index (κ1) is 9.26. The van der Waals surface area contributed by atoms with Crippen molar-refractivity contribution in [3.05, 3.63) is 12.2 Å². The van der Waals surface area contributed by atoms with Crippen molar-refractivity contribution in [3.63, 3.8) is 0 Å². The molecule has 1 N–H and O–H groups in total. The molecule has 1 aliphatic carbocycles. The van der Waals surface area contributed by atoms with Gasteiger partial charge in [-0.15, -0.1) is 0 Å². The SMILES string of the molecule is CC(C)(C1C=CCC1)C1CCCN1. The van der Waals surface area contributed by atoms with Gasteiger partial charge in [-0.25, -0.2) is 0 Å². The summed E-state index contributed by atoms with van der Waals surface area (Å²) < 4.78 is 0. The number of rotatable bonds is 2. The van der Waals surface area contributed by atoms with Crippen LogP contribution in [0.4, 0.5) is 0 Å². The van der Waals surface area contributed by atoms with E-state index >= 15 is 0 Å². The topological polar surface area (TPSA) is 12.0 Å². The summed E-state index contributed by atoms with van der Waals surface area (Å²) in [7, 11) is 0. The molecule has 2 unspecified atom stereocenters. The number of nitrogens with one attached hydrogen (secondary N) is 1. The zero-order valence-corrected chi connectivity index (χ0v) is 8.84. The van der Waals surface area contributed by atoms with Gasteiger partial charge in [0.15, 0.2) is 0 Å². The third kappa shape index (κ3) is 1.67. The molecule has 0 spiro atoms. The van der Waals surface area contributed by atoms with Crippen molar-refractivity contribution in [2.75, 3.05) is 6.54 Å². The summed E-state index contributed by atoms with van der Waals surface area (Å²) in [6.45, 7) is 6.08. The minimum absolute atomic E-state index is 0.462. The van der Waals surface area contributed by atoms with Gasteiger partial charge in [-0.2, -0.15) is 0 Å². The van der Waals surface area contributed by atoms with E-state index in [-0.39, 0.29) is 0 Å². The van der Waals surface area contributed by atoms with Crippen molar-refractivity contribution >= 4 is 0 Å². The van der Waals surface area contributed by atoms with Gasteiger partial charge in [0.1, 0.15) is 0 Å². The maximum Gasteiger partial charge on any atom is 0.0124 e. The summed E-state index contributed by atoms with van der Waals surface area (Å²) in [4.78, 5) is 0. The first-order chi connectivity index (χ1) is 6.21. The van der Waals surface area contributed by atoms with E-state index in [0.717, 1.165) is 12.0 Å². The predicted octanol–water partition coefficient (Wildman–Crippen LogP) is 2.73. The highest BCUT2D eigenvalue weighted by atomic mass is 15.0. The standard InChI is InChI=1S/C12H21N/c1-12(2,10-6-3-4-7-10)11-8-5-9-13-11/h3,6,10-11,13H,4-5,7-9H2,1-2H3. The number of allylic oxidation sites excluding steroid dienone is 2. The van der Waals surface area contributed by atoms with Crippen molar-refractivity contribution in [2.24, 2.45) is 11.3 Å². The molecule has 2 aliphatic rings. The van der Waals surface area contributed by atoms with E-state index in [1.807, 2.05) is 0 Å². The lowest BCUT2D eigenvalue weighted by atomic mass is 9.72. The van der Waals surface area contributed by atoms with Crippen molar-refractivity contribution in [1.82, 2.24) is 5.32 Å². The molecule has 2 atom stereocenters. The van der Waals surface area contributed by atoms with Crippen LogP contribution in [0.25, 0.3) is 0 Å². The summed E-state index contributed by atoms with van der Waals surface area (Å²) in [6, 6.07) is 0.750. The largest absolute Gasteiger partial charge is 0.313 e. The highest BCUT2D eigenvalue weighted by Gasteiger charge is 2.37. The van der Waals surface area contributed by atoms with Gasteiger partial charge in [0.2, 0.25) is 0 Å². The van der Waals surface area contributed by atoms with Gasteiger partial charge in [0, 0.05) is 6.04 Å². The lowest BCUT2D eigenvalue weighted by molar-refractivity contribution is 0.185. The Hall–Kier alpha value is -0.300. The molecule has 0 aromatic carbocycles. The van der Waals surface area contributed by atoms with E-state index in [1.54, 1.807) is 0 Å². The smallest absolute Gasteiger partial charge is 0.0124 e. The molecule has 1 saturated heterocycles. The van der Waals surface area contributed by atoms with Crippen LogP contribution in [-0.4, -0.2) is 12.6 Å². The predicted molar refractivity (Wildman–Crippen MR) is 56.7 cm³/mol. The van der Waals surface area contributed by atoms with E-state index in [4.69, 9.17) is 0 Å². The lowest BCUT2D eigenvalue weighted by Crippen LogP contribution is -2.41. The van der Waals surface area contributed by atoms with Crippen LogP contribution in [0.1, 0.15) is 39.5 Å². The summed E-state index contributed by atoms with van der Waals surface area (Å²) in [5.74, 6) is 0.808. The fourth-order valence-corrected chi connectivity index (χ4v) is 2.83. The maximum atomic E-state index is 3.64. The normalized spacial score (nSPS) is 34.3. The van der Waals surface area contributed by atoms with E-state index in [9.17, 15) is 0 Å². The molecule has 1 heterocycles. The van der Waals surface area contributed by atoms with Crippen LogP contribution in [0.5, 0.6) is 0 Å². The van der Waals surface area contributed by atoms with Crippen molar-refractivity contribution in [3.8, 4) is 0 Å². The van der Waals surface area contributed by atoms with Gasteiger partial charge in [0.05, 0.1) is 0 Å². The molecular weight excluding hydrogens is 158 g/mol. The van der Waals surface area contributed by atoms with E-state index in [0.29, 0.717) is 5.41 Å². The quantitative estimate of drug-likeness (QED) is 0.643. The molecule has 74 valence electrons. The first-order valence-electron chi connectivity index (χ1n) is 5.61. The molecular formula is C12H21N. The monoisotopic (exact) mass is 179 g/mol. The Balaban J connectivity index is 2.04. The Labute approximate surface area is 81.6 Å². The molecule has 1 aliphatic heterocycles. The van der Waals surface area contributed by atoms with E-state index < -0.39 is 0 Å². The zero-order valence-electron chi connectivity index (χ0n) is 8.84. The Kier molecular flexibility index (Phi) is 2.46. The molecule has 13 heavy (non-hydrogen) atoms. The van der Waals surface area contributed by atoms with Crippen molar-refractivity contribution in [1.29, 1.82) is 0 Å². The van der Waals surface area contributed by atoms with Crippen LogP contribution >= 0.6 is 0 Å². The second-order valence-corrected chi connectivity index (χ2v) is 5.08. The molecule has 1 heteroatoms. The third-order valence-electron chi connectivity index (χ3n) is 3.93. The molecule has 1 nitrogen and oxygen atoms in total. The Morgan fingerprint density at radius 1 is 1.31 bits per heavy atom. The molecule has 2 rings (SSSR count). The summed E-state index contributed by atoms with van der Waals surface area (Å²) >= 11 is 0. The van der Waals surface area contributed by atoms with Gasteiger partial charge < -0.3 is 5.32 Å². The van der Waals surface area contributed by atoms with Crippen LogP contribution in [-0.2, 0) is 0 Å². The Morgan fingerprint density at radius 2 is 2.15 bits per heavy atom. The number of hydrogen-bond acceptors (Lipinski definition) is 1. The van der Waals surface area contributed by atoms with Crippen LogP contribution in [0.3, 0.4) is 0 Å². The number of hydrogen-bond donors (Lipinski definition) is 1. The van der Waals surface area contributed by atoms with Crippen LogP contribution in [0.15, 0.2) is 12.2 Å². The van der Waals surface area contributed by atoms with Gasteiger partial charge in [-0.3, -0.25) is 0 Å². The van der Waals surface area contributed by atoms with Crippen LogP contribution in [0, 0.1) is 11.3 Å². The van der Waals surface area contributed by atoms with Gasteiger partial charge in [-0.05, 0) is 43.6 Å². The third-order valence-corrected chi connectivity index (χ3v) is 3.93. The highest BCUT2D eigenvalue weighted by Crippen LogP contribution is 2.40. The minimum atomic E-state index is 0.462. The highest BCUT2D eigenvalue weighted by molar-refractivity contribution is 5.05. The summed E-state index contributed by atoms with van der Waals surface area (Å²) in [6.07, 6.45) is 10.2. The van der Waals surface area contributed by atoms with Crippen molar-refractivity contribution < 1.29 is 0 Å². The maximum absolute atomic E-state index is 3.64. The molecule has 1 fully saturated rings. The van der Waals surface area contributed by atoms with Crippen LogP contribution in [0.2, 0.25) is 0 Å². The Morgan fingerprint density at radius 3 is 2.69 bits per heavy atom.